The Labute approximate surface area is 139 Å². The van der Waals surface area contributed by atoms with E-state index in [4.69, 9.17) is 5.73 Å². The summed E-state index contributed by atoms with van der Waals surface area (Å²) in [5, 5.41) is 0. The summed E-state index contributed by atoms with van der Waals surface area (Å²) in [6.45, 7) is 0.269. The second kappa shape index (κ2) is 6.75. The number of primary amides is 1. The summed E-state index contributed by atoms with van der Waals surface area (Å²) in [5.74, 6) is -0.804. The molecular weight excluding hydrogens is 318 g/mol. The zero-order valence-corrected chi connectivity index (χ0v) is 14.1. The maximum Gasteiger partial charge on any atom is 0.387 e. The zero-order valence-electron chi connectivity index (χ0n) is 14.1. The number of alkyl halides is 2. The molecule has 2 N–H and O–H groups in total. The molecule has 1 saturated carbocycles. The highest BCUT2D eigenvalue weighted by Gasteiger charge is 2.45. The molecule has 0 saturated heterocycles. The van der Waals surface area contributed by atoms with Gasteiger partial charge in [-0.1, -0.05) is 12.8 Å². The van der Waals surface area contributed by atoms with Crippen molar-refractivity contribution in [1.29, 1.82) is 0 Å². The molecule has 2 rings (SSSR count). The van der Waals surface area contributed by atoms with Crippen LogP contribution in [0.2, 0.25) is 0 Å². The second-order valence-electron chi connectivity index (χ2n) is 6.28. The molecule has 0 aliphatic heterocycles. The first kappa shape index (κ1) is 18.2. The smallest absolute Gasteiger partial charge is 0.387 e. The van der Waals surface area contributed by atoms with Crippen LogP contribution in [-0.4, -0.2) is 35.9 Å². The normalized spacial score (nSPS) is 16.2. The van der Waals surface area contributed by atoms with Crippen LogP contribution in [0.1, 0.15) is 47.2 Å². The van der Waals surface area contributed by atoms with Crippen molar-refractivity contribution in [2.75, 3.05) is 7.05 Å². The van der Waals surface area contributed by atoms with Gasteiger partial charge in [0, 0.05) is 12.6 Å². The van der Waals surface area contributed by atoms with Crippen molar-refractivity contribution < 1.29 is 23.1 Å². The molecule has 0 radical (unpaired) electrons. The number of hydrogen-bond donors (Lipinski definition) is 1. The van der Waals surface area contributed by atoms with Crippen LogP contribution in [0.25, 0.3) is 0 Å². The standard InChI is InChI=1S/C17H22F2N2O3/c1-10-8-12(9-11(2)13(10)24-16(18)19)14(22)21(3)17(15(20)23)6-4-5-7-17/h8-9,16H,4-7H2,1-3H3,(H2,20,23). The quantitative estimate of drug-likeness (QED) is 0.896. The first-order valence-corrected chi connectivity index (χ1v) is 7.83. The van der Waals surface area contributed by atoms with E-state index in [-0.39, 0.29) is 11.7 Å². The SMILES string of the molecule is Cc1cc(C(=O)N(C)C2(C(N)=O)CCCC2)cc(C)c1OC(F)F. The van der Waals surface area contributed by atoms with Crippen molar-refractivity contribution in [2.45, 2.75) is 51.7 Å². The van der Waals surface area contributed by atoms with Crippen molar-refractivity contribution in [2.24, 2.45) is 5.73 Å². The molecule has 132 valence electrons. The third-order valence-corrected chi connectivity index (χ3v) is 4.75. The minimum atomic E-state index is -2.93. The summed E-state index contributed by atoms with van der Waals surface area (Å²) < 4.78 is 29.4. The summed E-state index contributed by atoms with van der Waals surface area (Å²) in [7, 11) is 1.56. The predicted octanol–water partition coefficient (Wildman–Crippen LogP) is 2.77. The van der Waals surface area contributed by atoms with E-state index in [0.29, 0.717) is 29.5 Å². The lowest BCUT2D eigenvalue weighted by molar-refractivity contribution is -0.127. The maximum absolute atomic E-state index is 12.8. The van der Waals surface area contributed by atoms with Gasteiger partial charge >= 0.3 is 6.61 Å². The number of nitrogens with two attached hydrogens (primary N) is 1. The van der Waals surface area contributed by atoms with Crippen LogP contribution in [-0.2, 0) is 4.79 Å². The lowest BCUT2D eigenvalue weighted by Gasteiger charge is -2.36. The van der Waals surface area contributed by atoms with E-state index in [0.717, 1.165) is 12.8 Å². The molecule has 0 aromatic heterocycles. The molecule has 0 heterocycles. The molecule has 1 aromatic carbocycles. The van der Waals surface area contributed by atoms with Gasteiger partial charge in [0.1, 0.15) is 11.3 Å². The number of aryl methyl sites for hydroxylation is 2. The number of nitrogens with zero attached hydrogens (tertiary/aromatic N) is 1. The molecule has 0 atom stereocenters. The van der Waals surface area contributed by atoms with Crippen molar-refractivity contribution in [3.63, 3.8) is 0 Å². The Morgan fingerprint density at radius 1 is 1.21 bits per heavy atom. The Morgan fingerprint density at radius 2 is 1.71 bits per heavy atom. The monoisotopic (exact) mass is 340 g/mol. The van der Waals surface area contributed by atoms with Crippen molar-refractivity contribution in [3.8, 4) is 5.75 Å². The molecule has 7 heteroatoms. The van der Waals surface area contributed by atoms with Gasteiger partial charge in [-0.05, 0) is 49.9 Å². The minimum absolute atomic E-state index is 0.0645. The molecule has 1 aromatic rings. The number of ether oxygens (including phenoxy) is 1. The Hall–Kier alpha value is -2.18. The molecule has 2 amide bonds. The highest BCUT2D eigenvalue weighted by molar-refractivity contribution is 5.99. The van der Waals surface area contributed by atoms with Gasteiger partial charge in [-0.15, -0.1) is 0 Å². The third kappa shape index (κ3) is 3.20. The number of carbonyl (C=O) groups is 2. The Morgan fingerprint density at radius 3 is 2.12 bits per heavy atom. The zero-order chi connectivity index (χ0) is 18.1. The Kier molecular flexibility index (Phi) is 5.11. The summed E-state index contributed by atoms with van der Waals surface area (Å²) in [4.78, 5) is 26.1. The molecule has 0 spiro atoms. The number of amides is 2. The van der Waals surface area contributed by atoms with E-state index in [9.17, 15) is 18.4 Å². The average molecular weight is 340 g/mol. The number of rotatable bonds is 5. The molecule has 0 unspecified atom stereocenters. The molecule has 0 bridgehead atoms. The number of benzene rings is 1. The minimum Gasteiger partial charge on any atom is -0.434 e. The van der Waals surface area contributed by atoms with Gasteiger partial charge in [-0.3, -0.25) is 9.59 Å². The van der Waals surface area contributed by atoms with Crippen LogP contribution in [0, 0.1) is 13.8 Å². The molecule has 24 heavy (non-hydrogen) atoms. The number of carbonyl (C=O) groups excluding carboxylic acids is 2. The van der Waals surface area contributed by atoms with Gasteiger partial charge < -0.3 is 15.4 Å². The third-order valence-electron chi connectivity index (χ3n) is 4.75. The van der Waals surface area contributed by atoms with Crippen LogP contribution >= 0.6 is 0 Å². The second-order valence-corrected chi connectivity index (χ2v) is 6.28. The van der Waals surface area contributed by atoms with Crippen molar-refractivity contribution in [1.82, 2.24) is 4.90 Å². The fourth-order valence-corrected chi connectivity index (χ4v) is 3.44. The van der Waals surface area contributed by atoms with E-state index < -0.39 is 18.1 Å². The summed E-state index contributed by atoms with van der Waals surface area (Å²) >= 11 is 0. The van der Waals surface area contributed by atoms with E-state index in [1.54, 1.807) is 20.9 Å². The number of halogens is 2. The average Bonchev–Trinajstić information content (AvgIpc) is 3.00. The first-order chi connectivity index (χ1) is 11.2. The fourth-order valence-electron chi connectivity index (χ4n) is 3.44. The number of hydrogen-bond acceptors (Lipinski definition) is 3. The van der Waals surface area contributed by atoms with Crippen LogP contribution in [0.3, 0.4) is 0 Å². The topological polar surface area (TPSA) is 72.6 Å². The maximum atomic E-state index is 12.8. The summed E-state index contributed by atoms with van der Waals surface area (Å²) in [6.07, 6.45) is 2.74. The van der Waals surface area contributed by atoms with Crippen LogP contribution in [0.5, 0.6) is 5.75 Å². The summed E-state index contributed by atoms with van der Waals surface area (Å²) in [6, 6.07) is 2.99. The van der Waals surface area contributed by atoms with E-state index in [2.05, 4.69) is 4.74 Å². The molecule has 1 aliphatic carbocycles. The van der Waals surface area contributed by atoms with Gasteiger partial charge in [-0.2, -0.15) is 8.78 Å². The fraction of sp³-hybridized carbons (Fsp3) is 0.529. The molecule has 1 aliphatic rings. The van der Waals surface area contributed by atoms with Gasteiger partial charge in [-0.25, -0.2) is 0 Å². The number of likely N-dealkylation sites (N-methyl/N-ethyl adjacent to an activating group) is 1. The van der Waals surface area contributed by atoms with Gasteiger partial charge in [0.25, 0.3) is 5.91 Å². The molecule has 1 fully saturated rings. The van der Waals surface area contributed by atoms with Crippen molar-refractivity contribution >= 4 is 11.8 Å². The summed E-state index contributed by atoms with van der Waals surface area (Å²) in [5.41, 5.74) is 5.77. The Balaban J connectivity index is 2.34. The van der Waals surface area contributed by atoms with E-state index >= 15 is 0 Å². The molecule has 5 nitrogen and oxygen atoms in total. The van der Waals surface area contributed by atoms with Gasteiger partial charge in [0.15, 0.2) is 0 Å². The lowest BCUT2D eigenvalue weighted by atomic mass is 9.93. The van der Waals surface area contributed by atoms with E-state index in [1.165, 1.54) is 17.0 Å². The largest absolute Gasteiger partial charge is 0.434 e. The van der Waals surface area contributed by atoms with Crippen molar-refractivity contribution in [3.05, 3.63) is 28.8 Å². The van der Waals surface area contributed by atoms with Crippen LogP contribution < -0.4 is 10.5 Å². The molecular formula is C17H22F2N2O3. The highest BCUT2D eigenvalue weighted by atomic mass is 19.3. The predicted molar refractivity (Wildman–Crippen MR) is 85.0 cm³/mol. The van der Waals surface area contributed by atoms with E-state index in [1.807, 2.05) is 0 Å². The van der Waals surface area contributed by atoms with Crippen LogP contribution in [0.4, 0.5) is 8.78 Å². The highest BCUT2D eigenvalue weighted by Crippen LogP contribution is 2.36. The van der Waals surface area contributed by atoms with Gasteiger partial charge in [0.2, 0.25) is 5.91 Å². The van der Waals surface area contributed by atoms with Crippen LogP contribution in [0.15, 0.2) is 12.1 Å². The first-order valence-electron chi connectivity index (χ1n) is 7.83. The Bertz CT molecular complexity index is 632. The lowest BCUT2D eigenvalue weighted by Crippen LogP contribution is -2.56. The van der Waals surface area contributed by atoms with Gasteiger partial charge in [0.05, 0.1) is 0 Å².